The first-order valence-electron chi connectivity index (χ1n) is 8.35. The summed E-state index contributed by atoms with van der Waals surface area (Å²) in [6, 6.07) is 7.32. The predicted molar refractivity (Wildman–Crippen MR) is 97.6 cm³/mol. The molecule has 1 aliphatic heterocycles. The Hall–Kier alpha value is -3.33. The van der Waals surface area contributed by atoms with Crippen LogP contribution in [0.1, 0.15) is 33.8 Å². The van der Waals surface area contributed by atoms with E-state index in [0.29, 0.717) is 30.1 Å². The zero-order chi connectivity index (χ0) is 20.1. The summed E-state index contributed by atoms with van der Waals surface area (Å²) in [5.74, 6) is -2.21. The number of nitrogens with zero attached hydrogens (tertiary/aromatic N) is 1. The molecule has 0 atom stereocenters. The Morgan fingerprint density at radius 2 is 2.04 bits per heavy atom. The number of hydrogen-bond donors (Lipinski definition) is 2. The second kappa shape index (κ2) is 8.57. The van der Waals surface area contributed by atoms with Crippen LogP contribution in [-0.4, -0.2) is 36.8 Å². The van der Waals surface area contributed by atoms with Gasteiger partial charge in [-0.25, -0.2) is 4.79 Å². The molecule has 28 heavy (non-hydrogen) atoms. The smallest absolute Gasteiger partial charge is 0.338 e. The standard InChI is InChI=1S/C18H16ClN3O6/c19-12-6-5-11(9-13(12)22-7-1-4-16(22)24)18(26)28-10-15(23)20-21-17(25)14-3-2-8-27-14/h2-3,5-6,8-9H,1,4,7,10H2,(H,20,23)(H,21,25). The zero-order valence-corrected chi connectivity index (χ0v) is 15.3. The van der Waals surface area contributed by atoms with E-state index in [4.69, 9.17) is 20.8 Å². The molecule has 2 N–H and O–H groups in total. The van der Waals surface area contributed by atoms with E-state index in [1.54, 1.807) is 0 Å². The lowest BCUT2D eigenvalue weighted by molar-refractivity contribution is -0.125. The van der Waals surface area contributed by atoms with Gasteiger partial charge in [-0.05, 0) is 36.8 Å². The maximum Gasteiger partial charge on any atom is 0.338 e. The van der Waals surface area contributed by atoms with E-state index in [0.717, 1.165) is 0 Å². The molecular weight excluding hydrogens is 390 g/mol. The highest BCUT2D eigenvalue weighted by molar-refractivity contribution is 6.34. The number of rotatable bonds is 5. The summed E-state index contributed by atoms with van der Waals surface area (Å²) >= 11 is 6.13. The van der Waals surface area contributed by atoms with Crippen LogP contribution in [0.4, 0.5) is 5.69 Å². The number of furan rings is 1. The number of esters is 1. The maximum absolute atomic E-state index is 12.2. The van der Waals surface area contributed by atoms with Crippen molar-refractivity contribution in [3.63, 3.8) is 0 Å². The third-order valence-electron chi connectivity index (χ3n) is 3.94. The fourth-order valence-electron chi connectivity index (χ4n) is 2.60. The molecule has 3 rings (SSSR count). The maximum atomic E-state index is 12.2. The molecule has 1 fully saturated rings. The lowest BCUT2D eigenvalue weighted by atomic mass is 10.2. The van der Waals surface area contributed by atoms with Gasteiger partial charge < -0.3 is 14.1 Å². The lowest BCUT2D eigenvalue weighted by Crippen LogP contribution is -2.43. The third-order valence-corrected chi connectivity index (χ3v) is 4.26. The van der Waals surface area contributed by atoms with Crippen molar-refractivity contribution in [1.29, 1.82) is 0 Å². The number of anilines is 1. The van der Waals surface area contributed by atoms with Crippen LogP contribution < -0.4 is 15.8 Å². The van der Waals surface area contributed by atoms with E-state index in [1.807, 2.05) is 0 Å². The van der Waals surface area contributed by atoms with E-state index in [-0.39, 0.29) is 17.2 Å². The molecule has 10 heteroatoms. The molecule has 2 aromatic rings. The van der Waals surface area contributed by atoms with Crippen LogP contribution in [0.3, 0.4) is 0 Å². The number of hydrogen-bond acceptors (Lipinski definition) is 6. The molecule has 1 saturated heterocycles. The number of nitrogens with one attached hydrogen (secondary N) is 2. The van der Waals surface area contributed by atoms with Gasteiger partial charge in [0.05, 0.1) is 22.5 Å². The second-order valence-corrected chi connectivity index (χ2v) is 6.28. The normalized spacial score (nSPS) is 13.3. The Balaban J connectivity index is 1.54. The largest absolute Gasteiger partial charge is 0.459 e. The van der Waals surface area contributed by atoms with Crippen molar-refractivity contribution in [3.05, 3.63) is 52.9 Å². The predicted octanol–water partition coefficient (Wildman–Crippen LogP) is 1.68. The van der Waals surface area contributed by atoms with Crippen LogP contribution in [-0.2, 0) is 14.3 Å². The van der Waals surface area contributed by atoms with Gasteiger partial charge in [0.1, 0.15) is 0 Å². The van der Waals surface area contributed by atoms with Crippen LogP contribution in [0.2, 0.25) is 5.02 Å². The molecular formula is C18H16ClN3O6. The molecule has 146 valence electrons. The molecule has 1 aromatic heterocycles. The molecule has 9 nitrogen and oxygen atoms in total. The van der Waals surface area contributed by atoms with Crippen molar-refractivity contribution in [2.24, 2.45) is 0 Å². The summed E-state index contributed by atoms with van der Waals surface area (Å²) in [4.78, 5) is 48.9. The van der Waals surface area contributed by atoms with Gasteiger partial charge in [0.25, 0.3) is 5.91 Å². The molecule has 0 radical (unpaired) electrons. The Morgan fingerprint density at radius 1 is 1.21 bits per heavy atom. The van der Waals surface area contributed by atoms with Gasteiger partial charge in [-0.15, -0.1) is 0 Å². The second-order valence-electron chi connectivity index (χ2n) is 5.87. The van der Waals surface area contributed by atoms with Crippen LogP contribution in [0.5, 0.6) is 0 Å². The molecule has 1 aliphatic rings. The minimum Gasteiger partial charge on any atom is -0.459 e. The first-order valence-corrected chi connectivity index (χ1v) is 8.73. The third kappa shape index (κ3) is 4.49. The van der Waals surface area contributed by atoms with Crippen LogP contribution in [0.25, 0.3) is 0 Å². The van der Waals surface area contributed by atoms with Gasteiger partial charge in [-0.1, -0.05) is 11.6 Å². The van der Waals surface area contributed by atoms with Crippen molar-refractivity contribution in [2.75, 3.05) is 18.1 Å². The van der Waals surface area contributed by atoms with E-state index < -0.39 is 24.4 Å². The van der Waals surface area contributed by atoms with Gasteiger partial charge in [0.2, 0.25) is 5.91 Å². The molecule has 0 unspecified atom stereocenters. The summed E-state index contributed by atoms with van der Waals surface area (Å²) < 4.78 is 9.79. The number of hydrazine groups is 1. The van der Waals surface area contributed by atoms with E-state index >= 15 is 0 Å². The Kier molecular flexibility index (Phi) is 5.95. The fourth-order valence-corrected chi connectivity index (χ4v) is 2.82. The molecule has 0 bridgehead atoms. The topological polar surface area (TPSA) is 118 Å². The first kappa shape index (κ1) is 19.4. The summed E-state index contributed by atoms with van der Waals surface area (Å²) in [7, 11) is 0. The van der Waals surface area contributed by atoms with E-state index in [1.165, 1.54) is 41.5 Å². The number of carbonyl (C=O) groups is 4. The van der Waals surface area contributed by atoms with Gasteiger partial charge in [0, 0.05) is 13.0 Å². The Morgan fingerprint density at radius 3 is 2.71 bits per heavy atom. The van der Waals surface area contributed by atoms with Crippen molar-refractivity contribution in [1.82, 2.24) is 10.9 Å². The van der Waals surface area contributed by atoms with Gasteiger partial charge in [-0.3, -0.25) is 25.2 Å². The van der Waals surface area contributed by atoms with Crippen molar-refractivity contribution in [2.45, 2.75) is 12.8 Å². The molecule has 2 heterocycles. The summed E-state index contributed by atoms with van der Waals surface area (Å²) in [5, 5.41) is 0.338. The summed E-state index contributed by atoms with van der Waals surface area (Å²) in [5.41, 5.74) is 4.79. The van der Waals surface area contributed by atoms with E-state index in [2.05, 4.69) is 10.9 Å². The highest BCUT2D eigenvalue weighted by Gasteiger charge is 2.25. The quantitative estimate of drug-likeness (QED) is 0.577. The number of amides is 3. The lowest BCUT2D eigenvalue weighted by Gasteiger charge is -2.18. The SMILES string of the molecule is O=C(COC(=O)c1ccc(Cl)c(N2CCCC2=O)c1)NNC(=O)c1ccco1. The zero-order valence-electron chi connectivity index (χ0n) is 14.6. The molecule has 0 spiro atoms. The monoisotopic (exact) mass is 405 g/mol. The van der Waals surface area contributed by atoms with Gasteiger partial charge in [0.15, 0.2) is 12.4 Å². The molecule has 0 aliphatic carbocycles. The van der Waals surface area contributed by atoms with Crippen molar-refractivity contribution < 1.29 is 28.3 Å². The van der Waals surface area contributed by atoms with Crippen molar-refractivity contribution in [3.8, 4) is 0 Å². The van der Waals surface area contributed by atoms with E-state index in [9.17, 15) is 19.2 Å². The van der Waals surface area contributed by atoms with Gasteiger partial charge >= 0.3 is 11.9 Å². The first-order chi connectivity index (χ1) is 13.5. The van der Waals surface area contributed by atoms with Crippen molar-refractivity contribution >= 4 is 41.0 Å². The number of ether oxygens (including phenoxy) is 1. The minimum absolute atomic E-state index is 0.0162. The van der Waals surface area contributed by atoms with Gasteiger partial charge in [-0.2, -0.15) is 0 Å². The number of benzene rings is 1. The molecule has 0 saturated carbocycles. The highest BCUT2D eigenvalue weighted by atomic mass is 35.5. The Bertz CT molecular complexity index is 912. The fraction of sp³-hybridized carbons (Fsp3) is 0.222. The summed E-state index contributed by atoms with van der Waals surface area (Å²) in [6.07, 6.45) is 2.46. The molecule has 1 aromatic carbocycles. The average Bonchev–Trinajstić information content (AvgIpc) is 3.36. The van der Waals surface area contributed by atoms with Crippen LogP contribution in [0.15, 0.2) is 41.0 Å². The summed E-state index contributed by atoms with van der Waals surface area (Å²) in [6.45, 7) is -0.0906. The van der Waals surface area contributed by atoms with Crippen LogP contribution >= 0.6 is 11.6 Å². The highest BCUT2D eigenvalue weighted by Crippen LogP contribution is 2.30. The average molecular weight is 406 g/mol. The minimum atomic E-state index is -0.767. The number of halogens is 1. The van der Waals surface area contributed by atoms with Crippen LogP contribution in [0, 0.1) is 0 Å². The molecule has 3 amide bonds. The Labute approximate surface area is 164 Å². The number of carbonyl (C=O) groups excluding carboxylic acids is 4.